The maximum absolute atomic E-state index is 7.27. The van der Waals surface area contributed by atoms with Crippen LogP contribution in [-0.4, -0.2) is 65.5 Å². The first kappa shape index (κ1) is 20.1. The second-order valence-corrected chi connectivity index (χ2v) is 7.55. The summed E-state index contributed by atoms with van der Waals surface area (Å²) in [7, 11) is 3.99. The zero-order valence-electron chi connectivity index (χ0n) is 17.2. The van der Waals surface area contributed by atoms with E-state index >= 15 is 0 Å². The molecule has 0 amide bonds. The predicted octanol–water partition coefficient (Wildman–Crippen LogP) is 2.49. The molecule has 1 aliphatic rings. The molecule has 0 aromatic carbocycles. The molecule has 0 unspecified atom stereocenters. The summed E-state index contributed by atoms with van der Waals surface area (Å²) in [5.74, 6) is 1.78. The normalized spacial score (nSPS) is 16.5. The first-order valence-electron chi connectivity index (χ1n) is 9.87. The molecule has 8 nitrogen and oxygen atoms in total. The summed E-state index contributed by atoms with van der Waals surface area (Å²) < 4.78 is 8.08. The van der Waals surface area contributed by atoms with Gasteiger partial charge in [0.25, 0.3) is 0 Å². The van der Waals surface area contributed by atoms with E-state index in [2.05, 4.69) is 41.5 Å². The van der Waals surface area contributed by atoms with Crippen LogP contribution >= 0.6 is 0 Å². The van der Waals surface area contributed by atoms with Gasteiger partial charge in [0.1, 0.15) is 11.9 Å². The van der Waals surface area contributed by atoms with Crippen molar-refractivity contribution in [3.63, 3.8) is 0 Å². The van der Waals surface area contributed by atoms with E-state index in [1.54, 1.807) is 6.08 Å². The van der Waals surface area contributed by atoms with Gasteiger partial charge in [-0.25, -0.2) is 0 Å². The molecule has 1 fully saturated rings. The van der Waals surface area contributed by atoms with Gasteiger partial charge in [0, 0.05) is 43.7 Å². The minimum absolute atomic E-state index is 0.190. The number of likely N-dealkylation sites (N-methyl/N-ethyl adjacent to an activating group) is 1. The fraction of sp³-hybridized carbons (Fsp3) is 0.550. The van der Waals surface area contributed by atoms with Crippen LogP contribution in [0.5, 0.6) is 5.88 Å². The van der Waals surface area contributed by atoms with Crippen LogP contribution in [0.25, 0.3) is 5.65 Å². The van der Waals surface area contributed by atoms with Crippen LogP contribution in [0.3, 0.4) is 0 Å². The van der Waals surface area contributed by atoms with Gasteiger partial charge in [-0.2, -0.15) is 14.6 Å². The minimum atomic E-state index is 0.190. The topological polar surface area (TPSA) is 90.6 Å². The van der Waals surface area contributed by atoms with Crippen molar-refractivity contribution in [2.24, 2.45) is 0 Å². The van der Waals surface area contributed by atoms with Crippen LogP contribution in [0, 0.1) is 5.41 Å². The average Bonchev–Trinajstić information content (AvgIpc) is 3.11. The molecule has 0 radical (unpaired) electrons. The summed E-state index contributed by atoms with van der Waals surface area (Å²) in [5.41, 5.74) is 2.83. The Morgan fingerprint density at radius 2 is 2.14 bits per heavy atom. The molecule has 0 bridgehead atoms. The van der Waals surface area contributed by atoms with Gasteiger partial charge in [0.05, 0.1) is 12.7 Å². The fourth-order valence-electron chi connectivity index (χ4n) is 3.34. The van der Waals surface area contributed by atoms with Crippen molar-refractivity contribution in [2.45, 2.75) is 38.7 Å². The van der Waals surface area contributed by atoms with Crippen LogP contribution in [0.4, 0.5) is 5.82 Å². The lowest BCUT2D eigenvalue weighted by atomic mass is 10.1. The Balaban J connectivity index is 1.89. The Bertz CT molecular complexity index is 834. The second kappa shape index (κ2) is 9.05. The second-order valence-electron chi connectivity index (χ2n) is 7.55. The minimum Gasteiger partial charge on any atom is -0.474 e. The highest BCUT2D eigenvalue weighted by Crippen LogP contribution is 2.26. The van der Waals surface area contributed by atoms with Gasteiger partial charge in [-0.1, -0.05) is 13.8 Å². The third-order valence-corrected chi connectivity index (χ3v) is 5.12. The van der Waals surface area contributed by atoms with Gasteiger partial charge < -0.3 is 25.7 Å². The number of piperidine rings is 1. The third-order valence-electron chi connectivity index (χ3n) is 5.12. The standard InChI is InChI=1S/C20H31N7O/c1-14(2)17-13-24-27-18(23-12-15(22-3)5-8-21)11-19(25-20(17)27)28-16-6-9-26(4)10-7-16/h5,8,11,13-14,16,21-23H,6-7,9-10,12H2,1-4H3/b15-5-,21-8?. The Labute approximate surface area is 166 Å². The van der Waals surface area contributed by atoms with Gasteiger partial charge in [-0.05, 0) is 31.9 Å². The van der Waals surface area contributed by atoms with Crippen molar-refractivity contribution < 1.29 is 4.74 Å². The monoisotopic (exact) mass is 385 g/mol. The van der Waals surface area contributed by atoms with Crippen LogP contribution in [0.2, 0.25) is 0 Å². The van der Waals surface area contributed by atoms with E-state index in [0.29, 0.717) is 18.3 Å². The van der Waals surface area contributed by atoms with Gasteiger partial charge in [-0.3, -0.25) is 0 Å². The van der Waals surface area contributed by atoms with Gasteiger partial charge in [0.15, 0.2) is 5.65 Å². The number of ether oxygens (including phenoxy) is 1. The van der Waals surface area contributed by atoms with Gasteiger partial charge >= 0.3 is 0 Å². The highest BCUT2D eigenvalue weighted by Gasteiger charge is 2.20. The lowest BCUT2D eigenvalue weighted by Gasteiger charge is -2.29. The van der Waals surface area contributed by atoms with E-state index in [1.165, 1.54) is 6.21 Å². The molecule has 3 N–H and O–H groups in total. The molecule has 2 aromatic heterocycles. The van der Waals surface area contributed by atoms with Crippen LogP contribution in [0.1, 0.15) is 38.2 Å². The first-order valence-corrected chi connectivity index (χ1v) is 9.87. The molecule has 0 saturated carbocycles. The lowest BCUT2D eigenvalue weighted by molar-refractivity contribution is 0.110. The Hall–Kier alpha value is -2.61. The number of aromatic nitrogens is 3. The molecule has 28 heavy (non-hydrogen) atoms. The number of hydrogen-bond acceptors (Lipinski definition) is 7. The number of anilines is 1. The molecule has 0 spiro atoms. The maximum atomic E-state index is 7.27. The van der Waals surface area contributed by atoms with Crippen molar-refractivity contribution in [3.05, 3.63) is 29.6 Å². The molecule has 0 atom stereocenters. The van der Waals surface area contributed by atoms with Gasteiger partial charge in [0.2, 0.25) is 5.88 Å². The number of nitrogens with zero attached hydrogens (tertiary/aromatic N) is 4. The van der Waals surface area contributed by atoms with E-state index < -0.39 is 0 Å². The lowest BCUT2D eigenvalue weighted by Crippen LogP contribution is -2.35. The zero-order chi connectivity index (χ0) is 20.1. The van der Waals surface area contributed by atoms with E-state index in [4.69, 9.17) is 15.1 Å². The molecule has 1 saturated heterocycles. The summed E-state index contributed by atoms with van der Waals surface area (Å²) in [5, 5.41) is 18.3. The smallest absolute Gasteiger partial charge is 0.219 e. The molecular weight excluding hydrogens is 354 g/mol. The van der Waals surface area contributed by atoms with E-state index in [9.17, 15) is 0 Å². The maximum Gasteiger partial charge on any atom is 0.219 e. The fourth-order valence-corrected chi connectivity index (χ4v) is 3.34. The third kappa shape index (κ3) is 4.62. The molecule has 1 aliphatic heterocycles. The van der Waals surface area contributed by atoms with E-state index in [-0.39, 0.29) is 6.10 Å². The molecule has 8 heteroatoms. The van der Waals surface area contributed by atoms with Gasteiger partial charge in [-0.15, -0.1) is 0 Å². The largest absolute Gasteiger partial charge is 0.474 e. The first-order chi connectivity index (χ1) is 13.5. The van der Waals surface area contributed by atoms with E-state index in [1.807, 2.05) is 23.8 Å². The molecule has 152 valence electrons. The molecule has 2 aromatic rings. The number of likely N-dealkylation sites (tertiary alicyclic amines) is 1. The molecule has 0 aliphatic carbocycles. The Morgan fingerprint density at radius 1 is 1.39 bits per heavy atom. The van der Waals surface area contributed by atoms with Crippen LogP contribution in [-0.2, 0) is 0 Å². The summed E-state index contributed by atoms with van der Waals surface area (Å²) in [6, 6.07) is 1.92. The summed E-state index contributed by atoms with van der Waals surface area (Å²) in [4.78, 5) is 7.10. The van der Waals surface area contributed by atoms with Crippen LogP contribution in [0.15, 0.2) is 24.0 Å². The quantitative estimate of drug-likeness (QED) is 0.605. The van der Waals surface area contributed by atoms with Crippen LogP contribution < -0.4 is 15.4 Å². The molecule has 3 heterocycles. The number of allylic oxidation sites excluding steroid dienone is 1. The van der Waals surface area contributed by atoms with Crippen molar-refractivity contribution in [3.8, 4) is 5.88 Å². The Kier molecular flexibility index (Phi) is 6.51. The average molecular weight is 386 g/mol. The highest BCUT2D eigenvalue weighted by atomic mass is 16.5. The number of fused-ring (bicyclic) bond motifs is 1. The van der Waals surface area contributed by atoms with Crippen molar-refractivity contribution in [1.29, 1.82) is 5.41 Å². The summed E-state index contributed by atoms with van der Waals surface area (Å²) >= 11 is 0. The number of hydrogen-bond donors (Lipinski definition) is 3. The van der Waals surface area contributed by atoms with E-state index in [0.717, 1.165) is 48.7 Å². The highest BCUT2D eigenvalue weighted by molar-refractivity contribution is 5.69. The van der Waals surface area contributed by atoms with Crippen molar-refractivity contribution >= 4 is 17.7 Å². The molecular formula is C20H31N7O. The molecule has 3 rings (SSSR count). The SMILES string of the molecule is CN/C(=C\C=N)CNc1cc(OC2CCN(C)CC2)nc2c(C(C)C)cnn12. The summed E-state index contributed by atoms with van der Waals surface area (Å²) in [6.07, 6.45) is 7.08. The predicted molar refractivity (Wildman–Crippen MR) is 113 cm³/mol. The van der Waals surface area contributed by atoms with Crippen molar-refractivity contribution in [1.82, 2.24) is 24.8 Å². The zero-order valence-corrected chi connectivity index (χ0v) is 17.2. The number of nitrogens with one attached hydrogen (secondary N) is 3. The Morgan fingerprint density at radius 3 is 2.79 bits per heavy atom. The van der Waals surface area contributed by atoms with Crippen molar-refractivity contribution in [2.75, 3.05) is 39.0 Å². The summed E-state index contributed by atoms with van der Waals surface area (Å²) in [6.45, 7) is 6.92. The number of rotatable bonds is 8.